The van der Waals surface area contributed by atoms with Crippen LogP contribution in [0.4, 0.5) is 0 Å². The number of rotatable bonds is 75. The number of ether oxygens (including phenoxy) is 4. The zero-order valence-electron chi connectivity index (χ0n) is 64.3. The third-order valence-corrected chi connectivity index (χ3v) is 18.6. The lowest BCUT2D eigenvalue weighted by Gasteiger charge is -2.21. The van der Waals surface area contributed by atoms with Gasteiger partial charge in [-0.2, -0.15) is 0 Å². The summed E-state index contributed by atoms with van der Waals surface area (Å²) in [5, 5.41) is 10.6. The largest absolute Gasteiger partial charge is 0.472 e. The van der Waals surface area contributed by atoms with Crippen molar-refractivity contribution in [1.82, 2.24) is 0 Å². The van der Waals surface area contributed by atoms with Crippen molar-refractivity contribution in [3.63, 3.8) is 0 Å². The summed E-state index contributed by atoms with van der Waals surface area (Å²) < 4.78 is 68.5. The molecule has 0 spiro atoms. The van der Waals surface area contributed by atoms with Gasteiger partial charge < -0.3 is 33.8 Å². The van der Waals surface area contributed by atoms with E-state index in [1.807, 2.05) is 0 Å². The molecule has 0 aliphatic carbocycles. The minimum Gasteiger partial charge on any atom is -0.462 e. The molecule has 0 bridgehead atoms. The molecule has 102 heavy (non-hydrogen) atoms. The van der Waals surface area contributed by atoms with E-state index < -0.39 is 97.5 Å². The summed E-state index contributed by atoms with van der Waals surface area (Å²) in [6.07, 6.45) is 80.7. The molecule has 19 heteroatoms. The highest BCUT2D eigenvalue weighted by Crippen LogP contribution is 2.45. The van der Waals surface area contributed by atoms with Gasteiger partial charge in [0, 0.05) is 25.7 Å². The second-order valence-corrected chi connectivity index (χ2v) is 29.5. The van der Waals surface area contributed by atoms with Crippen molar-refractivity contribution >= 4 is 39.5 Å². The fourth-order valence-corrected chi connectivity index (χ4v) is 12.1. The van der Waals surface area contributed by atoms with Gasteiger partial charge in [0.2, 0.25) is 0 Å². The smallest absolute Gasteiger partial charge is 0.462 e. The van der Waals surface area contributed by atoms with E-state index in [1.165, 1.54) is 83.5 Å². The first-order chi connectivity index (χ1) is 49.7. The number of hydrogen-bond acceptors (Lipinski definition) is 15. The zero-order chi connectivity index (χ0) is 74.6. The predicted octanol–water partition coefficient (Wildman–Crippen LogP) is 23.3. The van der Waals surface area contributed by atoms with Crippen molar-refractivity contribution in [1.29, 1.82) is 0 Å². The highest BCUT2D eigenvalue weighted by Gasteiger charge is 2.30. The van der Waals surface area contributed by atoms with Gasteiger partial charge in [-0.3, -0.25) is 37.3 Å². The van der Waals surface area contributed by atoms with Crippen LogP contribution in [0.2, 0.25) is 0 Å². The molecule has 0 heterocycles. The van der Waals surface area contributed by atoms with Gasteiger partial charge in [-0.05, 0) is 154 Å². The van der Waals surface area contributed by atoms with Crippen molar-refractivity contribution in [2.24, 2.45) is 0 Å². The highest BCUT2D eigenvalue weighted by molar-refractivity contribution is 7.47. The molecule has 5 atom stereocenters. The molecule has 0 aliphatic heterocycles. The minimum absolute atomic E-state index is 0.0382. The van der Waals surface area contributed by atoms with Crippen LogP contribution in [0.1, 0.15) is 336 Å². The van der Waals surface area contributed by atoms with Gasteiger partial charge in [-0.25, -0.2) is 9.13 Å². The summed E-state index contributed by atoms with van der Waals surface area (Å²) in [5.74, 6) is -2.24. The van der Waals surface area contributed by atoms with Crippen LogP contribution in [0, 0.1) is 0 Å². The van der Waals surface area contributed by atoms with E-state index in [1.54, 1.807) is 0 Å². The van der Waals surface area contributed by atoms with E-state index >= 15 is 0 Å². The van der Waals surface area contributed by atoms with Crippen molar-refractivity contribution in [2.75, 3.05) is 39.6 Å². The average molecular weight is 1480 g/mol. The maximum absolute atomic E-state index is 13.1. The van der Waals surface area contributed by atoms with Crippen molar-refractivity contribution in [2.45, 2.75) is 354 Å². The van der Waals surface area contributed by atoms with Crippen molar-refractivity contribution < 1.29 is 80.2 Å². The molecule has 3 N–H and O–H groups in total. The molecular weight excluding hydrogens is 1330 g/mol. The van der Waals surface area contributed by atoms with Gasteiger partial charge in [-0.15, -0.1) is 0 Å². The summed E-state index contributed by atoms with van der Waals surface area (Å²) in [4.78, 5) is 73.0. The summed E-state index contributed by atoms with van der Waals surface area (Å²) >= 11 is 0. The molecule has 0 aliphatic rings. The molecule has 0 saturated heterocycles. The lowest BCUT2D eigenvalue weighted by Crippen LogP contribution is -2.30. The summed E-state index contributed by atoms with van der Waals surface area (Å²) in [6, 6.07) is 0. The molecule has 0 aromatic carbocycles. The van der Waals surface area contributed by atoms with E-state index in [4.69, 9.17) is 37.0 Å². The quantitative estimate of drug-likeness (QED) is 0.0169. The number of carbonyl (C=O) groups is 4. The number of phosphoric ester groups is 2. The molecule has 0 aromatic heterocycles. The van der Waals surface area contributed by atoms with E-state index in [0.29, 0.717) is 32.1 Å². The SMILES string of the molecule is CC/C=C\C/C=C\C/C=C\C/C=C\CCCCC(=O)OC(COC(=O)CCCCCCCC/C=C\C/C=C\C/C=C\CCCCC)COP(=O)(O)OCC(O)COP(=O)(O)OCC(COC(=O)CCCCCCC/C=C\CCCCCCCC)OC(=O)CCCCCCC/C=C\CCCCCC. The second kappa shape index (κ2) is 75.0. The Balaban J connectivity index is 5.39. The zero-order valence-corrected chi connectivity index (χ0v) is 66.0. The molecular formula is C83H144O17P2. The van der Waals surface area contributed by atoms with Gasteiger partial charge in [0.05, 0.1) is 26.4 Å². The van der Waals surface area contributed by atoms with Crippen molar-refractivity contribution in [3.8, 4) is 0 Å². The summed E-state index contributed by atoms with van der Waals surface area (Å²) in [7, 11) is -9.97. The van der Waals surface area contributed by atoms with E-state index in [0.717, 1.165) is 167 Å². The number of carbonyl (C=O) groups excluding carboxylic acids is 4. The number of phosphoric acid groups is 2. The van der Waals surface area contributed by atoms with E-state index in [9.17, 15) is 43.2 Å². The lowest BCUT2D eigenvalue weighted by atomic mass is 10.1. The van der Waals surface area contributed by atoms with E-state index in [2.05, 4.69) is 137 Å². The van der Waals surface area contributed by atoms with Crippen LogP contribution in [-0.2, 0) is 65.4 Å². The van der Waals surface area contributed by atoms with Crippen LogP contribution < -0.4 is 0 Å². The monoisotopic (exact) mass is 1470 g/mol. The second-order valence-electron chi connectivity index (χ2n) is 26.6. The Morgan fingerprint density at radius 1 is 0.284 bits per heavy atom. The Labute approximate surface area is 619 Å². The van der Waals surface area contributed by atoms with Gasteiger partial charge in [0.15, 0.2) is 12.2 Å². The number of allylic oxidation sites excluding steroid dienone is 18. The number of aliphatic hydroxyl groups is 1. The average Bonchev–Trinajstić information content (AvgIpc) is 0.907. The van der Waals surface area contributed by atoms with Crippen LogP contribution in [-0.4, -0.2) is 96.7 Å². The molecule has 0 radical (unpaired) electrons. The third-order valence-electron chi connectivity index (χ3n) is 16.7. The lowest BCUT2D eigenvalue weighted by molar-refractivity contribution is -0.161. The number of unbranched alkanes of at least 4 members (excludes halogenated alkanes) is 31. The van der Waals surface area contributed by atoms with Gasteiger partial charge in [0.25, 0.3) is 0 Å². The highest BCUT2D eigenvalue weighted by atomic mass is 31.2. The van der Waals surface area contributed by atoms with Crippen LogP contribution in [0.25, 0.3) is 0 Å². The summed E-state index contributed by atoms with van der Waals surface area (Å²) in [5.41, 5.74) is 0. The Hall–Kier alpha value is -4.28. The number of esters is 4. The van der Waals surface area contributed by atoms with Gasteiger partial charge in [0.1, 0.15) is 19.3 Å². The maximum Gasteiger partial charge on any atom is 0.472 e. The molecule has 588 valence electrons. The third kappa shape index (κ3) is 74.0. The molecule has 0 amide bonds. The normalized spacial score (nSPS) is 14.5. The fraction of sp³-hybridized carbons (Fsp3) is 0.735. The van der Waals surface area contributed by atoms with Crippen LogP contribution in [0.3, 0.4) is 0 Å². The molecule has 0 saturated carbocycles. The molecule has 0 fully saturated rings. The first-order valence-corrected chi connectivity index (χ1v) is 43.1. The van der Waals surface area contributed by atoms with Gasteiger partial charge >= 0.3 is 39.5 Å². The van der Waals surface area contributed by atoms with Crippen LogP contribution >= 0.6 is 15.6 Å². The first kappa shape index (κ1) is 97.7. The van der Waals surface area contributed by atoms with Crippen LogP contribution in [0.15, 0.2) is 109 Å². The fourth-order valence-electron chi connectivity index (χ4n) is 10.6. The number of aliphatic hydroxyl groups excluding tert-OH is 1. The maximum atomic E-state index is 13.1. The minimum atomic E-state index is -4.99. The summed E-state index contributed by atoms with van der Waals surface area (Å²) in [6.45, 7) is 4.66. The Kier molecular flexibility index (Phi) is 71.8. The van der Waals surface area contributed by atoms with Gasteiger partial charge in [-0.1, -0.05) is 265 Å². The molecule has 0 aromatic rings. The standard InChI is InChI=1S/C83H144O17P2/c1-5-9-13-17-21-25-29-33-36-37-38-39-42-45-48-52-56-60-64-68-81(86)94-74-79(100-83(88)70-66-62-58-54-50-46-41-35-31-27-23-19-15-11-7-3)76-98-102(91,92)96-72-77(84)71-95-101(89,90)97-75-78(99-82(87)69-65-61-57-53-49-43-32-28-24-20-16-12-8-4)73-93-80(85)67-63-59-55-51-47-44-40-34-30-26-22-18-14-10-6-2/h11,15,21,23,25,27-28,32-36,38-41,50,54,77-79,84H,5-10,12-14,16-20,22,24,26,29-31,37,42-49,51-53,55-76H2,1-4H3,(H,89,90)(H,91,92)/b15-11-,25-21-,27-23-,32-28-,36-33-,39-38-,40-34-,41-35-,54-50-. The van der Waals surface area contributed by atoms with Crippen molar-refractivity contribution in [3.05, 3.63) is 109 Å². The molecule has 5 unspecified atom stereocenters. The Morgan fingerprint density at radius 2 is 0.510 bits per heavy atom. The topological polar surface area (TPSA) is 237 Å². The van der Waals surface area contributed by atoms with E-state index in [-0.39, 0.29) is 25.7 Å². The Bertz CT molecular complexity index is 2360. The Morgan fingerprint density at radius 3 is 0.843 bits per heavy atom. The molecule has 0 rings (SSSR count). The predicted molar refractivity (Wildman–Crippen MR) is 418 cm³/mol. The number of hydrogen-bond donors (Lipinski definition) is 3. The van der Waals surface area contributed by atoms with Crippen LogP contribution in [0.5, 0.6) is 0 Å². The first-order valence-electron chi connectivity index (χ1n) is 40.1. The molecule has 17 nitrogen and oxygen atoms in total.